The van der Waals surface area contributed by atoms with Gasteiger partial charge in [-0.3, -0.25) is 14.1 Å². The standard InChI is InChI=1S/C14H8O2.C6H5FO3S/c15-13-9-5-1-2-6-10(9)14(16)12-8-4-3-7-11(12)13;7-5-1-3-6(4-2-5)11(8,9)10/h1-8H;1-4H,(H,8,9,10). The topological polar surface area (TPSA) is 88.5 Å². The van der Waals surface area contributed by atoms with Crippen molar-refractivity contribution in [2.75, 3.05) is 0 Å². The fourth-order valence-electron chi connectivity index (χ4n) is 2.65. The van der Waals surface area contributed by atoms with Gasteiger partial charge >= 0.3 is 0 Å². The second-order valence-corrected chi connectivity index (χ2v) is 7.10. The summed E-state index contributed by atoms with van der Waals surface area (Å²) in [5, 5.41) is 0. The molecule has 0 bridgehead atoms. The molecule has 0 aliphatic heterocycles. The number of carbonyl (C=O) groups excluding carboxylic acids is 2. The minimum absolute atomic E-state index is 0.0641. The van der Waals surface area contributed by atoms with Gasteiger partial charge in [-0.05, 0) is 24.3 Å². The van der Waals surface area contributed by atoms with Gasteiger partial charge in [0, 0.05) is 22.3 Å². The Morgan fingerprint density at radius 1 is 0.630 bits per heavy atom. The number of hydrogen-bond acceptors (Lipinski definition) is 4. The summed E-state index contributed by atoms with van der Waals surface area (Å²) < 4.78 is 41.4. The van der Waals surface area contributed by atoms with E-state index in [1.807, 2.05) is 0 Å². The van der Waals surface area contributed by atoms with Crippen LogP contribution >= 0.6 is 0 Å². The summed E-state index contributed by atoms with van der Waals surface area (Å²) >= 11 is 0. The van der Waals surface area contributed by atoms with Crippen LogP contribution in [-0.2, 0) is 10.1 Å². The average molecular weight is 384 g/mol. The molecule has 27 heavy (non-hydrogen) atoms. The Balaban J connectivity index is 0.000000168. The Morgan fingerprint density at radius 2 is 0.963 bits per heavy atom. The van der Waals surface area contributed by atoms with Crippen LogP contribution in [0.4, 0.5) is 4.39 Å². The summed E-state index contributed by atoms with van der Waals surface area (Å²) in [6.07, 6.45) is 0. The quantitative estimate of drug-likeness (QED) is 0.507. The van der Waals surface area contributed by atoms with Crippen LogP contribution in [0, 0.1) is 5.82 Å². The van der Waals surface area contributed by atoms with E-state index in [0.717, 1.165) is 24.3 Å². The molecule has 3 aromatic carbocycles. The summed E-state index contributed by atoms with van der Waals surface area (Å²) in [4.78, 5) is 23.9. The van der Waals surface area contributed by atoms with Crippen LogP contribution in [0.5, 0.6) is 0 Å². The molecule has 0 amide bonds. The first-order chi connectivity index (χ1) is 12.8. The Bertz CT molecular complexity index is 1030. The van der Waals surface area contributed by atoms with Crippen molar-refractivity contribution in [3.8, 4) is 0 Å². The van der Waals surface area contributed by atoms with Gasteiger partial charge in [0.1, 0.15) is 5.82 Å². The first-order valence-corrected chi connectivity index (χ1v) is 9.23. The predicted octanol–water partition coefficient (Wildman–Crippen LogP) is 3.53. The summed E-state index contributed by atoms with van der Waals surface area (Å²) in [5.41, 5.74) is 2.02. The highest BCUT2D eigenvalue weighted by molar-refractivity contribution is 7.85. The molecule has 0 heterocycles. The second-order valence-electron chi connectivity index (χ2n) is 5.68. The minimum Gasteiger partial charge on any atom is -0.289 e. The largest absolute Gasteiger partial charge is 0.294 e. The smallest absolute Gasteiger partial charge is 0.289 e. The van der Waals surface area contributed by atoms with E-state index in [4.69, 9.17) is 4.55 Å². The molecule has 0 aromatic heterocycles. The molecular weight excluding hydrogens is 371 g/mol. The van der Waals surface area contributed by atoms with E-state index in [1.165, 1.54) is 0 Å². The van der Waals surface area contributed by atoms with Gasteiger partial charge in [0.05, 0.1) is 4.90 Å². The highest BCUT2D eigenvalue weighted by Crippen LogP contribution is 2.26. The van der Waals surface area contributed by atoms with Crippen LogP contribution in [0.15, 0.2) is 77.7 Å². The molecule has 0 spiro atoms. The normalized spacial score (nSPS) is 12.5. The monoisotopic (exact) mass is 384 g/mol. The third-order valence-electron chi connectivity index (χ3n) is 3.94. The number of benzene rings is 3. The van der Waals surface area contributed by atoms with Crippen LogP contribution < -0.4 is 0 Å². The van der Waals surface area contributed by atoms with E-state index >= 15 is 0 Å². The number of hydrogen-bond donors (Lipinski definition) is 1. The average Bonchev–Trinajstić information content (AvgIpc) is 2.66. The molecule has 7 heteroatoms. The number of fused-ring (bicyclic) bond motifs is 2. The second kappa shape index (κ2) is 7.22. The van der Waals surface area contributed by atoms with Gasteiger partial charge in [0.15, 0.2) is 11.6 Å². The Morgan fingerprint density at radius 3 is 1.26 bits per heavy atom. The van der Waals surface area contributed by atoms with Crippen LogP contribution in [-0.4, -0.2) is 24.5 Å². The molecule has 0 fully saturated rings. The maximum Gasteiger partial charge on any atom is 0.294 e. The van der Waals surface area contributed by atoms with Gasteiger partial charge in [-0.1, -0.05) is 48.5 Å². The van der Waals surface area contributed by atoms with Crippen molar-refractivity contribution >= 4 is 21.7 Å². The molecule has 3 aromatic rings. The molecule has 1 aliphatic rings. The number of rotatable bonds is 1. The summed E-state index contributed by atoms with van der Waals surface area (Å²) in [7, 11) is -4.19. The maximum absolute atomic E-state index is 12.2. The van der Waals surface area contributed by atoms with Crippen LogP contribution in [0.25, 0.3) is 0 Å². The van der Waals surface area contributed by atoms with E-state index in [-0.39, 0.29) is 16.5 Å². The van der Waals surface area contributed by atoms with E-state index in [9.17, 15) is 22.4 Å². The molecule has 0 unspecified atom stereocenters. The summed E-state index contributed by atoms with van der Waals surface area (Å²) in [6, 6.07) is 17.8. The highest BCUT2D eigenvalue weighted by Gasteiger charge is 2.28. The molecule has 136 valence electrons. The number of halogens is 1. The van der Waals surface area contributed by atoms with E-state index in [1.54, 1.807) is 48.5 Å². The third kappa shape index (κ3) is 3.84. The lowest BCUT2D eigenvalue weighted by Crippen LogP contribution is -2.20. The Hall–Kier alpha value is -3.16. The number of carbonyl (C=O) groups is 2. The van der Waals surface area contributed by atoms with Crippen molar-refractivity contribution in [3.63, 3.8) is 0 Å². The van der Waals surface area contributed by atoms with Gasteiger partial charge < -0.3 is 0 Å². The van der Waals surface area contributed by atoms with E-state index in [0.29, 0.717) is 22.3 Å². The molecule has 5 nitrogen and oxygen atoms in total. The Kier molecular flexibility index (Phi) is 4.98. The number of ketones is 2. The lowest BCUT2D eigenvalue weighted by atomic mass is 9.84. The third-order valence-corrected chi connectivity index (χ3v) is 4.81. The van der Waals surface area contributed by atoms with Crippen LogP contribution in [0.3, 0.4) is 0 Å². The first kappa shape index (κ1) is 18.6. The van der Waals surface area contributed by atoms with Gasteiger partial charge in [0.25, 0.3) is 10.1 Å². The fraction of sp³-hybridized carbons (Fsp3) is 0. The van der Waals surface area contributed by atoms with E-state index < -0.39 is 15.9 Å². The molecule has 0 radical (unpaired) electrons. The van der Waals surface area contributed by atoms with Crippen molar-refractivity contribution in [2.45, 2.75) is 4.90 Å². The SMILES string of the molecule is O=C1c2ccccc2C(=O)c2ccccc21.O=S(=O)(O)c1ccc(F)cc1. The molecule has 1 aliphatic carbocycles. The lowest BCUT2D eigenvalue weighted by Gasteiger charge is -2.16. The Labute approximate surface area is 154 Å². The molecular formula is C20H13FO5S. The summed E-state index contributed by atoms with van der Waals surface area (Å²) in [5.74, 6) is -0.672. The molecule has 4 rings (SSSR count). The predicted molar refractivity (Wildman–Crippen MR) is 96.0 cm³/mol. The first-order valence-electron chi connectivity index (χ1n) is 7.79. The van der Waals surface area contributed by atoms with Gasteiger partial charge in [-0.25, -0.2) is 4.39 Å². The lowest BCUT2D eigenvalue weighted by molar-refractivity contribution is 0.0979. The zero-order valence-corrected chi connectivity index (χ0v) is 14.6. The van der Waals surface area contributed by atoms with Crippen molar-refractivity contribution in [2.24, 2.45) is 0 Å². The van der Waals surface area contributed by atoms with Gasteiger partial charge in [0.2, 0.25) is 0 Å². The van der Waals surface area contributed by atoms with Gasteiger partial charge in [-0.2, -0.15) is 8.42 Å². The highest BCUT2D eigenvalue weighted by atomic mass is 32.2. The summed E-state index contributed by atoms with van der Waals surface area (Å²) in [6.45, 7) is 0. The van der Waals surface area contributed by atoms with Crippen molar-refractivity contribution in [3.05, 3.63) is 101 Å². The van der Waals surface area contributed by atoms with Crippen molar-refractivity contribution < 1.29 is 27.0 Å². The van der Waals surface area contributed by atoms with Crippen LogP contribution in [0.2, 0.25) is 0 Å². The minimum atomic E-state index is -4.19. The van der Waals surface area contributed by atoms with Crippen molar-refractivity contribution in [1.82, 2.24) is 0 Å². The zero-order chi connectivity index (χ0) is 19.6. The zero-order valence-electron chi connectivity index (χ0n) is 13.8. The molecule has 0 atom stereocenters. The molecule has 0 saturated carbocycles. The molecule has 1 N–H and O–H groups in total. The van der Waals surface area contributed by atoms with Crippen molar-refractivity contribution in [1.29, 1.82) is 0 Å². The van der Waals surface area contributed by atoms with Gasteiger partial charge in [-0.15, -0.1) is 0 Å². The van der Waals surface area contributed by atoms with Crippen LogP contribution in [0.1, 0.15) is 31.8 Å². The fourth-order valence-corrected chi connectivity index (χ4v) is 3.13. The maximum atomic E-state index is 12.2. The van der Waals surface area contributed by atoms with E-state index in [2.05, 4.69) is 0 Å². The molecule has 0 saturated heterocycles.